The first-order chi connectivity index (χ1) is 9.41. The third-order valence-electron chi connectivity index (χ3n) is 3.29. The van der Waals surface area contributed by atoms with Gasteiger partial charge in [-0.1, -0.05) is 41.5 Å². The third kappa shape index (κ3) is 3.49. The lowest BCUT2D eigenvalue weighted by atomic mass is 9.71. The molecule has 0 fully saturated rings. The predicted octanol–water partition coefficient (Wildman–Crippen LogP) is 3.02. The first-order valence-corrected chi connectivity index (χ1v) is 7.14. The number of carbonyl (C=O) groups excluding carboxylic acids is 3. The molecule has 0 aromatic rings. The molecular weight excluding hydrogens is 268 g/mol. The SMILES string of the molecule is CCOC(=O)C1=C(C(C)(C)C)C(=O)C(=O)C(C(C)(C)C)=C1. The molecule has 4 nitrogen and oxygen atoms in total. The maximum Gasteiger partial charge on any atom is 0.338 e. The van der Waals surface area contributed by atoms with E-state index in [0.29, 0.717) is 5.57 Å². The summed E-state index contributed by atoms with van der Waals surface area (Å²) in [5, 5.41) is 0. The molecule has 0 aliphatic heterocycles. The quantitative estimate of drug-likeness (QED) is 0.446. The second-order valence-corrected chi connectivity index (χ2v) is 7.23. The molecule has 0 atom stereocenters. The molecule has 0 saturated heterocycles. The summed E-state index contributed by atoms with van der Waals surface area (Å²) in [6, 6.07) is 0. The molecule has 0 spiro atoms. The third-order valence-corrected chi connectivity index (χ3v) is 3.29. The molecule has 0 aromatic carbocycles. The average Bonchev–Trinajstić information content (AvgIpc) is 2.29. The summed E-state index contributed by atoms with van der Waals surface area (Å²) in [7, 11) is 0. The van der Waals surface area contributed by atoms with Crippen LogP contribution in [0, 0.1) is 10.8 Å². The first kappa shape index (κ1) is 17.3. The van der Waals surface area contributed by atoms with Gasteiger partial charge in [-0.05, 0) is 23.8 Å². The van der Waals surface area contributed by atoms with Gasteiger partial charge in [0.05, 0.1) is 12.2 Å². The highest BCUT2D eigenvalue weighted by Gasteiger charge is 2.41. The van der Waals surface area contributed by atoms with Crippen LogP contribution < -0.4 is 0 Å². The van der Waals surface area contributed by atoms with Gasteiger partial charge in [-0.25, -0.2) is 4.79 Å². The van der Waals surface area contributed by atoms with Crippen molar-refractivity contribution in [2.75, 3.05) is 6.61 Å². The van der Waals surface area contributed by atoms with Gasteiger partial charge in [0, 0.05) is 11.1 Å². The fourth-order valence-corrected chi connectivity index (χ4v) is 2.31. The van der Waals surface area contributed by atoms with Crippen LogP contribution in [0.5, 0.6) is 0 Å². The van der Waals surface area contributed by atoms with Crippen molar-refractivity contribution < 1.29 is 19.1 Å². The van der Waals surface area contributed by atoms with E-state index in [2.05, 4.69) is 0 Å². The molecule has 0 bridgehead atoms. The van der Waals surface area contributed by atoms with E-state index < -0.39 is 28.4 Å². The Morgan fingerprint density at radius 3 is 1.90 bits per heavy atom. The van der Waals surface area contributed by atoms with E-state index in [9.17, 15) is 14.4 Å². The van der Waals surface area contributed by atoms with Crippen molar-refractivity contribution in [3.8, 4) is 0 Å². The van der Waals surface area contributed by atoms with E-state index in [4.69, 9.17) is 4.74 Å². The van der Waals surface area contributed by atoms with Gasteiger partial charge in [0.25, 0.3) is 0 Å². The van der Waals surface area contributed by atoms with E-state index >= 15 is 0 Å². The topological polar surface area (TPSA) is 60.4 Å². The largest absolute Gasteiger partial charge is 0.462 e. The first-order valence-electron chi connectivity index (χ1n) is 7.14. The van der Waals surface area contributed by atoms with Gasteiger partial charge in [-0.2, -0.15) is 0 Å². The number of allylic oxidation sites excluding steroid dienone is 2. The number of Topliss-reactive ketones (excluding diaryl/α,β-unsaturated/α-hetero) is 2. The Bertz CT molecular complexity index is 548. The van der Waals surface area contributed by atoms with Crippen LogP contribution in [-0.4, -0.2) is 24.1 Å². The minimum Gasteiger partial charge on any atom is -0.462 e. The summed E-state index contributed by atoms with van der Waals surface area (Å²) in [4.78, 5) is 37.0. The number of hydrogen-bond donors (Lipinski definition) is 0. The lowest BCUT2D eigenvalue weighted by Crippen LogP contribution is -2.35. The second-order valence-electron chi connectivity index (χ2n) is 7.23. The van der Waals surface area contributed by atoms with Crippen LogP contribution in [-0.2, 0) is 19.1 Å². The van der Waals surface area contributed by atoms with Crippen molar-refractivity contribution in [3.63, 3.8) is 0 Å². The van der Waals surface area contributed by atoms with Crippen LogP contribution in [0.2, 0.25) is 0 Å². The number of rotatable bonds is 2. The molecule has 1 aliphatic rings. The number of hydrogen-bond acceptors (Lipinski definition) is 4. The Labute approximate surface area is 126 Å². The van der Waals surface area contributed by atoms with Gasteiger partial charge in [0.15, 0.2) is 0 Å². The summed E-state index contributed by atoms with van der Waals surface area (Å²) in [5.74, 6) is -1.68. The highest BCUT2D eigenvalue weighted by Crippen LogP contribution is 2.38. The van der Waals surface area contributed by atoms with E-state index in [1.165, 1.54) is 6.08 Å². The van der Waals surface area contributed by atoms with E-state index in [1.807, 2.05) is 41.5 Å². The number of esters is 1. The number of ether oxygens (including phenoxy) is 1. The normalized spacial score (nSPS) is 17.0. The van der Waals surface area contributed by atoms with Crippen molar-refractivity contribution in [2.45, 2.75) is 48.5 Å². The smallest absolute Gasteiger partial charge is 0.338 e. The van der Waals surface area contributed by atoms with Gasteiger partial charge >= 0.3 is 5.97 Å². The average molecular weight is 292 g/mol. The fourth-order valence-electron chi connectivity index (χ4n) is 2.31. The standard InChI is InChI=1S/C17H24O4/c1-8-21-15(20)10-9-11(16(2,3)4)13(18)14(19)12(10)17(5,6)7/h9H,8H2,1-7H3. The molecule has 0 saturated carbocycles. The highest BCUT2D eigenvalue weighted by molar-refractivity contribution is 6.51. The molecule has 1 aliphatic carbocycles. The van der Waals surface area contributed by atoms with Crippen molar-refractivity contribution in [3.05, 3.63) is 22.8 Å². The van der Waals surface area contributed by atoms with E-state index in [-0.39, 0.29) is 17.8 Å². The van der Waals surface area contributed by atoms with Crippen molar-refractivity contribution >= 4 is 17.5 Å². The summed E-state index contributed by atoms with van der Waals surface area (Å²) < 4.78 is 5.05. The molecular formula is C17H24O4. The molecule has 21 heavy (non-hydrogen) atoms. The zero-order valence-electron chi connectivity index (χ0n) is 13.9. The maximum absolute atomic E-state index is 12.5. The van der Waals surface area contributed by atoms with Crippen LogP contribution in [0.15, 0.2) is 22.8 Å². The molecule has 116 valence electrons. The summed E-state index contributed by atoms with van der Waals surface area (Å²) >= 11 is 0. The monoisotopic (exact) mass is 292 g/mol. The van der Waals surface area contributed by atoms with Crippen LogP contribution >= 0.6 is 0 Å². The van der Waals surface area contributed by atoms with Crippen LogP contribution in [0.25, 0.3) is 0 Å². The zero-order chi connectivity index (χ0) is 16.6. The van der Waals surface area contributed by atoms with Gasteiger partial charge in [-0.15, -0.1) is 0 Å². The summed E-state index contributed by atoms with van der Waals surface area (Å²) in [5.41, 5.74) is -0.316. The van der Waals surface area contributed by atoms with Crippen molar-refractivity contribution in [2.24, 2.45) is 10.8 Å². The second kappa shape index (κ2) is 5.58. The Balaban J connectivity index is 3.61. The molecule has 1 rings (SSSR count). The number of ketones is 2. The summed E-state index contributed by atoms with van der Waals surface area (Å²) in [6.45, 7) is 12.9. The molecule has 0 aromatic heterocycles. The minimum atomic E-state index is -0.602. The van der Waals surface area contributed by atoms with Crippen LogP contribution in [0.3, 0.4) is 0 Å². The number of carbonyl (C=O) groups is 3. The van der Waals surface area contributed by atoms with Crippen LogP contribution in [0.4, 0.5) is 0 Å². The van der Waals surface area contributed by atoms with Gasteiger partial charge in [-0.3, -0.25) is 9.59 Å². The van der Waals surface area contributed by atoms with Gasteiger partial charge in [0.1, 0.15) is 0 Å². The molecule has 4 heteroatoms. The fraction of sp³-hybridized carbons (Fsp3) is 0.588. The Morgan fingerprint density at radius 1 is 1.00 bits per heavy atom. The van der Waals surface area contributed by atoms with Crippen LogP contribution in [0.1, 0.15) is 48.5 Å². The minimum absolute atomic E-state index is 0.207. The molecule has 0 radical (unpaired) electrons. The summed E-state index contributed by atoms with van der Waals surface area (Å²) in [6.07, 6.45) is 1.53. The molecule has 0 amide bonds. The van der Waals surface area contributed by atoms with Gasteiger partial charge < -0.3 is 4.74 Å². The molecule has 0 heterocycles. The molecule has 0 N–H and O–H groups in total. The Kier molecular flexibility index (Phi) is 4.61. The highest BCUT2D eigenvalue weighted by atomic mass is 16.5. The predicted molar refractivity (Wildman–Crippen MR) is 80.7 cm³/mol. The Hall–Kier alpha value is -1.71. The van der Waals surface area contributed by atoms with Gasteiger partial charge in [0.2, 0.25) is 11.6 Å². The Morgan fingerprint density at radius 2 is 1.52 bits per heavy atom. The van der Waals surface area contributed by atoms with Crippen molar-refractivity contribution in [1.29, 1.82) is 0 Å². The zero-order valence-corrected chi connectivity index (χ0v) is 13.9. The van der Waals surface area contributed by atoms with E-state index in [1.54, 1.807) is 6.92 Å². The molecule has 0 unspecified atom stereocenters. The van der Waals surface area contributed by atoms with Crippen molar-refractivity contribution in [1.82, 2.24) is 0 Å². The lowest BCUT2D eigenvalue weighted by molar-refractivity contribution is -0.139. The van der Waals surface area contributed by atoms with E-state index in [0.717, 1.165) is 0 Å². The maximum atomic E-state index is 12.5. The lowest BCUT2D eigenvalue weighted by Gasteiger charge is -2.30.